The van der Waals surface area contributed by atoms with Crippen molar-refractivity contribution >= 4 is 11.8 Å². The maximum Gasteiger partial charge on any atom is 0.334 e. The van der Waals surface area contributed by atoms with Crippen molar-refractivity contribution in [2.45, 2.75) is 38.4 Å². The summed E-state index contributed by atoms with van der Waals surface area (Å²) in [7, 11) is 0. The summed E-state index contributed by atoms with van der Waals surface area (Å²) in [5.41, 5.74) is 0.329. The van der Waals surface area contributed by atoms with E-state index in [1.165, 1.54) is 0 Å². The average Bonchev–Trinajstić information content (AvgIpc) is 2.71. The number of aliphatic hydroxyl groups is 1. The van der Waals surface area contributed by atoms with E-state index in [1.54, 1.807) is 13.0 Å². The third-order valence-corrected chi connectivity index (χ3v) is 4.90. The standard InChI is InChI=1S/C15H18O4/c1-7-6-10(16)12-11(7)13-9(4-5-15(12,3)18)8(2)14(17)19-13/h6,9,11-13,18H,2,4-5H2,1,3H3/t9-,11-,12+,13-,15-/m0/s1. The van der Waals surface area contributed by atoms with Crippen molar-refractivity contribution in [2.75, 3.05) is 0 Å². The normalized spacial score (nSPS) is 45.4. The number of ketones is 1. The first kappa shape index (κ1) is 12.6. The van der Waals surface area contributed by atoms with Crippen LogP contribution >= 0.6 is 0 Å². The number of ether oxygens (including phenoxy) is 1. The fraction of sp³-hybridized carbons (Fsp3) is 0.600. The number of fused-ring (bicyclic) bond motifs is 3. The third kappa shape index (κ3) is 1.62. The van der Waals surface area contributed by atoms with Crippen LogP contribution in [0.2, 0.25) is 0 Å². The summed E-state index contributed by atoms with van der Waals surface area (Å²) in [5, 5.41) is 10.6. The fourth-order valence-corrected chi connectivity index (χ4v) is 3.89. The van der Waals surface area contributed by atoms with E-state index < -0.39 is 11.5 Å². The molecule has 0 bridgehead atoms. The van der Waals surface area contributed by atoms with Crippen molar-refractivity contribution in [1.82, 2.24) is 0 Å². The van der Waals surface area contributed by atoms with E-state index in [1.807, 2.05) is 6.92 Å². The molecule has 1 saturated carbocycles. The van der Waals surface area contributed by atoms with E-state index in [9.17, 15) is 14.7 Å². The molecule has 0 aromatic carbocycles. The van der Waals surface area contributed by atoms with E-state index >= 15 is 0 Å². The van der Waals surface area contributed by atoms with Gasteiger partial charge in [0.1, 0.15) is 6.10 Å². The minimum absolute atomic E-state index is 0.0540. The van der Waals surface area contributed by atoms with Crippen LogP contribution in [0.3, 0.4) is 0 Å². The maximum absolute atomic E-state index is 12.1. The van der Waals surface area contributed by atoms with Gasteiger partial charge in [0, 0.05) is 17.4 Å². The SMILES string of the molecule is C=C1C(=O)O[C@@H]2[C@H]3C(C)=CC(=O)[C@H]3[C@@](C)(O)CC[C@@H]12. The van der Waals surface area contributed by atoms with Gasteiger partial charge in [0.25, 0.3) is 0 Å². The van der Waals surface area contributed by atoms with E-state index in [0.29, 0.717) is 18.4 Å². The summed E-state index contributed by atoms with van der Waals surface area (Å²) in [5.74, 6) is -1.20. The molecule has 0 aromatic rings. The Balaban J connectivity index is 2.07. The molecule has 2 fully saturated rings. The predicted molar refractivity (Wildman–Crippen MR) is 68.1 cm³/mol. The summed E-state index contributed by atoms with van der Waals surface area (Å²) in [6.07, 6.45) is 2.36. The van der Waals surface area contributed by atoms with Gasteiger partial charge in [0.05, 0.1) is 11.5 Å². The molecule has 19 heavy (non-hydrogen) atoms. The molecule has 2 aliphatic carbocycles. The number of carbonyl (C=O) groups is 2. The summed E-state index contributed by atoms with van der Waals surface area (Å²) in [6.45, 7) is 7.39. The third-order valence-electron chi connectivity index (χ3n) is 4.90. The zero-order valence-corrected chi connectivity index (χ0v) is 11.2. The van der Waals surface area contributed by atoms with Gasteiger partial charge in [-0.15, -0.1) is 0 Å². The first-order chi connectivity index (χ1) is 8.83. The Labute approximate surface area is 112 Å². The number of esters is 1. The van der Waals surface area contributed by atoms with Crippen LogP contribution in [0.4, 0.5) is 0 Å². The number of rotatable bonds is 0. The van der Waals surface area contributed by atoms with Gasteiger partial charge in [-0.2, -0.15) is 0 Å². The largest absolute Gasteiger partial charge is 0.458 e. The predicted octanol–water partition coefficient (Wildman–Crippen LogP) is 1.39. The summed E-state index contributed by atoms with van der Waals surface area (Å²) in [4.78, 5) is 23.8. The Kier molecular flexibility index (Phi) is 2.52. The first-order valence-electron chi connectivity index (χ1n) is 6.67. The molecule has 0 spiro atoms. The van der Waals surface area contributed by atoms with E-state index in [2.05, 4.69) is 6.58 Å². The molecule has 102 valence electrons. The molecule has 1 aliphatic heterocycles. The molecule has 0 radical (unpaired) electrons. The highest BCUT2D eigenvalue weighted by molar-refractivity contribution is 5.97. The van der Waals surface area contributed by atoms with Crippen molar-refractivity contribution in [2.24, 2.45) is 17.8 Å². The average molecular weight is 262 g/mol. The highest BCUT2D eigenvalue weighted by Crippen LogP contribution is 2.50. The number of carbonyl (C=O) groups excluding carboxylic acids is 2. The Morgan fingerprint density at radius 3 is 2.84 bits per heavy atom. The molecule has 1 N–H and O–H groups in total. The lowest BCUT2D eigenvalue weighted by Crippen LogP contribution is -2.43. The highest BCUT2D eigenvalue weighted by Gasteiger charge is 2.57. The first-order valence-corrected chi connectivity index (χ1v) is 6.67. The van der Waals surface area contributed by atoms with Gasteiger partial charge in [0.2, 0.25) is 0 Å². The minimum Gasteiger partial charge on any atom is -0.458 e. The Morgan fingerprint density at radius 1 is 1.47 bits per heavy atom. The van der Waals surface area contributed by atoms with Crippen molar-refractivity contribution < 1.29 is 19.4 Å². The molecule has 1 heterocycles. The molecular weight excluding hydrogens is 244 g/mol. The van der Waals surface area contributed by atoms with Crippen molar-refractivity contribution in [3.8, 4) is 0 Å². The molecule has 4 heteroatoms. The van der Waals surface area contributed by atoms with Crippen LogP contribution in [0, 0.1) is 17.8 Å². The van der Waals surface area contributed by atoms with E-state index in [4.69, 9.17) is 4.74 Å². The van der Waals surface area contributed by atoms with Crippen LogP contribution in [0.15, 0.2) is 23.8 Å². The summed E-state index contributed by atoms with van der Waals surface area (Å²) < 4.78 is 5.44. The summed E-state index contributed by atoms with van der Waals surface area (Å²) >= 11 is 0. The van der Waals surface area contributed by atoms with Gasteiger partial charge in [-0.3, -0.25) is 4.79 Å². The monoisotopic (exact) mass is 262 g/mol. The van der Waals surface area contributed by atoms with Crippen LogP contribution in [-0.2, 0) is 14.3 Å². The van der Waals surface area contributed by atoms with Crippen LogP contribution in [0.1, 0.15) is 26.7 Å². The van der Waals surface area contributed by atoms with Crippen molar-refractivity contribution in [1.29, 1.82) is 0 Å². The summed E-state index contributed by atoms with van der Waals surface area (Å²) in [6, 6.07) is 0. The lowest BCUT2D eigenvalue weighted by molar-refractivity contribution is -0.145. The smallest absolute Gasteiger partial charge is 0.334 e. The second-order valence-electron chi connectivity index (χ2n) is 6.19. The van der Waals surface area contributed by atoms with Gasteiger partial charge < -0.3 is 9.84 Å². The lowest BCUT2D eigenvalue weighted by Gasteiger charge is -2.33. The fourth-order valence-electron chi connectivity index (χ4n) is 3.89. The topological polar surface area (TPSA) is 63.6 Å². The molecule has 0 unspecified atom stereocenters. The van der Waals surface area contributed by atoms with Crippen LogP contribution in [0.25, 0.3) is 0 Å². The minimum atomic E-state index is -1.05. The van der Waals surface area contributed by atoms with Crippen LogP contribution in [-0.4, -0.2) is 28.6 Å². The number of hydrogen-bond acceptors (Lipinski definition) is 4. The Bertz CT molecular complexity index is 514. The molecule has 1 saturated heterocycles. The van der Waals surface area contributed by atoms with Gasteiger partial charge in [0.15, 0.2) is 5.78 Å². The van der Waals surface area contributed by atoms with Crippen LogP contribution in [0.5, 0.6) is 0 Å². The van der Waals surface area contributed by atoms with E-state index in [0.717, 1.165) is 5.57 Å². The lowest BCUT2D eigenvalue weighted by atomic mass is 9.76. The maximum atomic E-state index is 12.1. The quantitative estimate of drug-likeness (QED) is 0.529. The van der Waals surface area contributed by atoms with Gasteiger partial charge in [-0.1, -0.05) is 12.2 Å². The molecule has 3 rings (SSSR count). The molecule has 0 aromatic heterocycles. The molecule has 3 aliphatic rings. The molecule has 4 nitrogen and oxygen atoms in total. The highest BCUT2D eigenvalue weighted by atomic mass is 16.6. The number of allylic oxidation sites excluding steroid dienone is 1. The zero-order chi connectivity index (χ0) is 13.9. The van der Waals surface area contributed by atoms with Gasteiger partial charge >= 0.3 is 5.97 Å². The second kappa shape index (κ2) is 3.79. The zero-order valence-electron chi connectivity index (χ0n) is 11.2. The van der Waals surface area contributed by atoms with Gasteiger partial charge in [-0.05, 0) is 32.8 Å². The molecular formula is C15H18O4. The van der Waals surface area contributed by atoms with Crippen LogP contribution < -0.4 is 0 Å². The Hall–Kier alpha value is -1.42. The molecule has 5 atom stereocenters. The van der Waals surface area contributed by atoms with Gasteiger partial charge in [-0.25, -0.2) is 4.79 Å². The van der Waals surface area contributed by atoms with Crippen molar-refractivity contribution in [3.63, 3.8) is 0 Å². The second-order valence-corrected chi connectivity index (χ2v) is 6.19. The van der Waals surface area contributed by atoms with E-state index in [-0.39, 0.29) is 29.7 Å². The van der Waals surface area contributed by atoms with Crippen molar-refractivity contribution in [3.05, 3.63) is 23.8 Å². The number of hydrogen-bond donors (Lipinski definition) is 1. The Morgan fingerprint density at radius 2 is 2.16 bits per heavy atom. The molecule has 0 amide bonds.